The quantitative estimate of drug-likeness (QED) is 0.406. The summed E-state index contributed by atoms with van der Waals surface area (Å²) in [6, 6.07) is 9.30. The molecule has 5 heterocycles. The number of nitrogens with one attached hydrogen (secondary N) is 2. The molecule has 0 aliphatic carbocycles. The van der Waals surface area contributed by atoms with Crippen molar-refractivity contribution in [1.29, 1.82) is 5.26 Å². The molecule has 1 aliphatic heterocycles. The average molecular weight is 493 g/mol. The van der Waals surface area contributed by atoms with E-state index in [-0.39, 0.29) is 6.04 Å². The first-order valence-corrected chi connectivity index (χ1v) is 11.5. The number of halogens is 2. The molecule has 178 valence electrons. The van der Waals surface area contributed by atoms with E-state index in [9.17, 15) is 4.39 Å². The zero-order valence-corrected chi connectivity index (χ0v) is 19.6. The van der Waals surface area contributed by atoms with Crippen molar-refractivity contribution in [2.45, 2.75) is 32.0 Å². The van der Waals surface area contributed by atoms with Crippen molar-refractivity contribution in [2.75, 3.05) is 28.6 Å². The fourth-order valence-electron chi connectivity index (χ4n) is 3.93. The van der Waals surface area contributed by atoms with Gasteiger partial charge in [0.25, 0.3) is 0 Å². The van der Waals surface area contributed by atoms with Gasteiger partial charge in [0.2, 0.25) is 5.95 Å². The Hall–Kier alpha value is -4.04. The Balaban J connectivity index is 1.23. The van der Waals surface area contributed by atoms with E-state index in [1.165, 1.54) is 6.92 Å². The summed E-state index contributed by atoms with van der Waals surface area (Å²) in [7, 11) is 0. The maximum atomic E-state index is 13.6. The lowest BCUT2D eigenvalue weighted by Crippen LogP contribution is -2.39. The normalized spacial score (nSPS) is 15.1. The van der Waals surface area contributed by atoms with Gasteiger partial charge in [-0.1, -0.05) is 11.6 Å². The number of alkyl halides is 1. The number of nitriles is 1. The number of piperidine rings is 1. The highest BCUT2D eigenvalue weighted by Crippen LogP contribution is 2.26. The standard InChI is InChI=1S/C23H22ClFN10/c1-14(25)19-13-35-9-6-16(10-21(35)30-19)29-23-27-12-18(24)22(31-23)28-15-4-7-34(8-5-15)20-3-2-17(11-26)32-33-20/h2-3,6,9-10,12-15H,4-5,7-8H2,1H3,(H2,27,28,29,31). The van der Waals surface area contributed by atoms with Crippen LogP contribution in [0.5, 0.6) is 0 Å². The minimum Gasteiger partial charge on any atom is -0.366 e. The number of hydrogen-bond donors (Lipinski definition) is 2. The third kappa shape index (κ3) is 5.07. The average Bonchev–Trinajstić information content (AvgIpc) is 3.31. The Labute approximate surface area is 205 Å². The molecule has 1 fully saturated rings. The van der Waals surface area contributed by atoms with Gasteiger partial charge in [-0.15, -0.1) is 10.2 Å². The summed E-state index contributed by atoms with van der Waals surface area (Å²) >= 11 is 6.36. The van der Waals surface area contributed by atoms with Crippen molar-refractivity contribution < 1.29 is 4.39 Å². The van der Waals surface area contributed by atoms with Crippen LogP contribution in [0, 0.1) is 11.3 Å². The predicted molar refractivity (Wildman–Crippen MR) is 131 cm³/mol. The Morgan fingerprint density at radius 1 is 1.20 bits per heavy atom. The molecule has 0 spiro atoms. The van der Waals surface area contributed by atoms with Crippen LogP contribution in [0.4, 0.5) is 27.7 Å². The van der Waals surface area contributed by atoms with Crippen LogP contribution < -0.4 is 15.5 Å². The smallest absolute Gasteiger partial charge is 0.229 e. The van der Waals surface area contributed by atoms with Crippen LogP contribution in [-0.4, -0.2) is 48.7 Å². The molecular weight excluding hydrogens is 471 g/mol. The van der Waals surface area contributed by atoms with E-state index in [0.717, 1.165) is 37.4 Å². The molecule has 1 unspecified atom stereocenters. The van der Waals surface area contributed by atoms with Crippen molar-refractivity contribution >= 4 is 40.5 Å². The zero-order valence-electron chi connectivity index (χ0n) is 18.9. The van der Waals surface area contributed by atoms with Crippen LogP contribution >= 0.6 is 11.6 Å². The molecular formula is C23H22ClFN10. The number of fused-ring (bicyclic) bond motifs is 1. The van der Waals surface area contributed by atoms with Crippen LogP contribution in [0.15, 0.2) is 42.9 Å². The van der Waals surface area contributed by atoms with Crippen LogP contribution in [0.1, 0.15) is 37.3 Å². The first-order chi connectivity index (χ1) is 17.0. The van der Waals surface area contributed by atoms with Crippen molar-refractivity contribution in [3.8, 4) is 6.07 Å². The molecule has 5 rings (SSSR count). The lowest BCUT2D eigenvalue weighted by atomic mass is 10.1. The minimum atomic E-state index is -1.14. The molecule has 2 N–H and O–H groups in total. The summed E-state index contributed by atoms with van der Waals surface area (Å²) in [5.41, 5.74) is 2.04. The molecule has 1 atom stereocenters. The maximum Gasteiger partial charge on any atom is 0.229 e. The SMILES string of the molecule is CC(F)c1cn2ccc(Nc3ncc(Cl)c(NC4CCN(c5ccc(C#N)nn5)CC4)n3)cc2n1. The third-order valence-corrected chi connectivity index (χ3v) is 6.09. The summed E-state index contributed by atoms with van der Waals surface area (Å²) in [4.78, 5) is 15.3. The van der Waals surface area contributed by atoms with E-state index in [0.29, 0.717) is 33.8 Å². The number of anilines is 4. The fraction of sp³-hybridized carbons (Fsp3) is 0.304. The minimum absolute atomic E-state index is 0.181. The van der Waals surface area contributed by atoms with E-state index in [1.54, 1.807) is 35.1 Å². The Bertz CT molecular complexity index is 1370. The van der Waals surface area contributed by atoms with Crippen LogP contribution in [-0.2, 0) is 0 Å². The Kier molecular flexibility index (Phi) is 6.29. The number of pyridine rings is 1. The van der Waals surface area contributed by atoms with Crippen LogP contribution in [0.2, 0.25) is 5.02 Å². The highest BCUT2D eigenvalue weighted by molar-refractivity contribution is 6.32. The Morgan fingerprint density at radius 3 is 2.74 bits per heavy atom. The molecule has 1 saturated heterocycles. The van der Waals surface area contributed by atoms with Gasteiger partial charge in [0.15, 0.2) is 17.3 Å². The first kappa shape index (κ1) is 22.7. The fourth-order valence-corrected chi connectivity index (χ4v) is 4.07. The largest absolute Gasteiger partial charge is 0.366 e. The number of rotatable bonds is 6. The molecule has 0 bridgehead atoms. The number of nitrogens with zero attached hydrogens (tertiary/aromatic N) is 8. The van der Waals surface area contributed by atoms with Gasteiger partial charge in [-0.05, 0) is 38.0 Å². The van der Waals surface area contributed by atoms with Gasteiger partial charge >= 0.3 is 0 Å². The van der Waals surface area contributed by atoms with Crippen molar-refractivity contribution in [3.05, 3.63) is 59.3 Å². The van der Waals surface area contributed by atoms with E-state index in [4.69, 9.17) is 16.9 Å². The van der Waals surface area contributed by atoms with E-state index in [2.05, 4.69) is 40.7 Å². The van der Waals surface area contributed by atoms with E-state index >= 15 is 0 Å². The first-order valence-electron chi connectivity index (χ1n) is 11.2. The summed E-state index contributed by atoms with van der Waals surface area (Å²) in [5, 5.41) is 23.9. The molecule has 35 heavy (non-hydrogen) atoms. The molecule has 0 amide bonds. The van der Waals surface area contributed by atoms with Gasteiger partial charge in [0.1, 0.15) is 22.9 Å². The van der Waals surface area contributed by atoms with Crippen LogP contribution in [0.25, 0.3) is 5.65 Å². The number of aromatic nitrogens is 6. The predicted octanol–water partition coefficient (Wildman–Crippen LogP) is 4.29. The van der Waals surface area contributed by atoms with Crippen molar-refractivity contribution in [2.24, 2.45) is 0 Å². The lowest BCUT2D eigenvalue weighted by molar-refractivity contribution is 0.367. The topological polar surface area (TPSA) is 120 Å². The van der Waals surface area contributed by atoms with E-state index < -0.39 is 6.17 Å². The zero-order chi connectivity index (χ0) is 24.4. The Morgan fingerprint density at radius 2 is 2.03 bits per heavy atom. The molecule has 4 aromatic rings. The van der Waals surface area contributed by atoms with Gasteiger partial charge in [-0.3, -0.25) is 0 Å². The summed E-state index contributed by atoms with van der Waals surface area (Å²) < 4.78 is 15.3. The van der Waals surface area contributed by atoms with Gasteiger partial charge < -0.3 is 19.9 Å². The molecule has 1 aliphatic rings. The molecule has 0 aromatic carbocycles. The second-order valence-corrected chi connectivity index (χ2v) is 8.68. The number of hydrogen-bond acceptors (Lipinski definition) is 9. The summed E-state index contributed by atoms with van der Waals surface area (Å²) in [5.74, 6) is 1.70. The van der Waals surface area contributed by atoms with Gasteiger partial charge in [-0.25, -0.2) is 14.4 Å². The van der Waals surface area contributed by atoms with Crippen molar-refractivity contribution in [3.63, 3.8) is 0 Å². The van der Waals surface area contributed by atoms with Crippen molar-refractivity contribution in [1.82, 2.24) is 29.5 Å². The second-order valence-electron chi connectivity index (χ2n) is 8.27. The maximum absolute atomic E-state index is 13.6. The van der Waals surface area contributed by atoms with Gasteiger partial charge in [-0.2, -0.15) is 10.2 Å². The number of imidazole rings is 1. The highest BCUT2D eigenvalue weighted by Gasteiger charge is 2.22. The lowest BCUT2D eigenvalue weighted by Gasteiger charge is -2.33. The molecule has 10 nitrogen and oxygen atoms in total. The van der Waals surface area contributed by atoms with Crippen LogP contribution in [0.3, 0.4) is 0 Å². The summed E-state index contributed by atoms with van der Waals surface area (Å²) in [6.07, 6.45) is 5.61. The monoisotopic (exact) mass is 492 g/mol. The highest BCUT2D eigenvalue weighted by atomic mass is 35.5. The molecule has 0 saturated carbocycles. The summed E-state index contributed by atoms with van der Waals surface area (Å²) in [6.45, 7) is 3.04. The van der Waals surface area contributed by atoms with E-state index in [1.807, 2.05) is 18.2 Å². The third-order valence-electron chi connectivity index (χ3n) is 5.81. The second kappa shape index (κ2) is 9.68. The molecule has 12 heteroatoms. The molecule has 4 aromatic heterocycles. The van der Waals surface area contributed by atoms with Gasteiger partial charge in [0.05, 0.1) is 11.9 Å². The van der Waals surface area contributed by atoms with Gasteiger partial charge in [0, 0.05) is 43.3 Å². The molecule has 0 radical (unpaired) electrons.